The highest BCUT2D eigenvalue weighted by atomic mass is 79.9. The van der Waals surface area contributed by atoms with Crippen LogP contribution in [0.3, 0.4) is 0 Å². The Morgan fingerprint density at radius 3 is 3.00 bits per heavy atom. The van der Waals surface area contributed by atoms with E-state index in [2.05, 4.69) is 26.2 Å². The molecule has 0 saturated carbocycles. The number of aromatic amines is 1. The van der Waals surface area contributed by atoms with E-state index in [0.29, 0.717) is 5.56 Å². The summed E-state index contributed by atoms with van der Waals surface area (Å²) in [6, 6.07) is 1.80. The number of nitrogens with one attached hydrogen (secondary N) is 2. The molecule has 1 aromatic heterocycles. The minimum absolute atomic E-state index is 0.0812. The van der Waals surface area contributed by atoms with Crippen molar-refractivity contribution in [3.63, 3.8) is 0 Å². The molecule has 0 atom stereocenters. The SMILES string of the molecule is CC/C=C(\NC)c1cc(Br)c[nH]c1=O. The van der Waals surface area contributed by atoms with E-state index < -0.39 is 0 Å². The quantitative estimate of drug-likeness (QED) is 0.871. The number of halogens is 1. The molecule has 4 heteroatoms. The van der Waals surface area contributed by atoms with E-state index in [4.69, 9.17) is 0 Å². The summed E-state index contributed by atoms with van der Waals surface area (Å²) in [4.78, 5) is 14.1. The van der Waals surface area contributed by atoms with Gasteiger partial charge < -0.3 is 10.3 Å². The summed E-state index contributed by atoms with van der Waals surface area (Å²) in [5, 5.41) is 3.01. The third kappa shape index (κ3) is 2.48. The number of pyridine rings is 1. The lowest BCUT2D eigenvalue weighted by Crippen LogP contribution is -2.16. The standard InChI is InChI=1S/C10H13BrN2O/c1-3-4-9(12-2)8-5-7(11)6-13-10(8)14/h4-6,12H,3H2,1-2H3,(H,13,14)/b9-4-. The van der Waals surface area contributed by atoms with Crippen LogP contribution in [0.1, 0.15) is 18.9 Å². The molecule has 0 fully saturated rings. The number of aromatic nitrogens is 1. The predicted molar refractivity (Wildman–Crippen MR) is 62.1 cm³/mol. The summed E-state index contributed by atoms with van der Waals surface area (Å²) < 4.78 is 0.865. The Bertz CT molecular complexity index is 395. The van der Waals surface area contributed by atoms with Gasteiger partial charge in [-0.3, -0.25) is 4.79 Å². The summed E-state index contributed by atoms with van der Waals surface area (Å²) >= 11 is 3.32. The van der Waals surface area contributed by atoms with Crippen LogP contribution in [0, 0.1) is 0 Å². The van der Waals surface area contributed by atoms with E-state index in [1.54, 1.807) is 12.3 Å². The van der Waals surface area contributed by atoms with Crippen LogP contribution in [0.4, 0.5) is 0 Å². The fourth-order valence-corrected chi connectivity index (χ4v) is 1.55. The van der Waals surface area contributed by atoms with E-state index in [-0.39, 0.29) is 5.56 Å². The van der Waals surface area contributed by atoms with Gasteiger partial charge in [0.2, 0.25) is 0 Å². The molecule has 1 aromatic rings. The fraction of sp³-hybridized carbons (Fsp3) is 0.300. The summed E-state index contributed by atoms with van der Waals surface area (Å²) in [6.45, 7) is 2.03. The summed E-state index contributed by atoms with van der Waals surface area (Å²) in [5.41, 5.74) is 1.43. The molecule has 0 aliphatic heterocycles. The molecule has 0 unspecified atom stereocenters. The van der Waals surface area contributed by atoms with Gasteiger partial charge in [0, 0.05) is 23.4 Å². The normalized spacial score (nSPS) is 11.5. The first-order chi connectivity index (χ1) is 6.69. The molecule has 0 radical (unpaired) electrons. The molecule has 0 aliphatic carbocycles. The lowest BCUT2D eigenvalue weighted by molar-refractivity contribution is 1.07. The third-order valence-electron chi connectivity index (χ3n) is 1.84. The van der Waals surface area contributed by atoms with Crippen LogP contribution in [-0.4, -0.2) is 12.0 Å². The van der Waals surface area contributed by atoms with E-state index in [1.165, 1.54) is 0 Å². The van der Waals surface area contributed by atoms with Gasteiger partial charge in [0.1, 0.15) is 0 Å². The zero-order valence-electron chi connectivity index (χ0n) is 8.23. The van der Waals surface area contributed by atoms with Gasteiger partial charge in [-0.25, -0.2) is 0 Å². The third-order valence-corrected chi connectivity index (χ3v) is 2.29. The van der Waals surface area contributed by atoms with Crippen LogP contribution >= 0.6 is 15.9 Å². The average molecular weight is 257 g/mol. The molecular weight excluding hydrogens is 244 g/mol. The Morgan fingerprint density at radius 1 is 1.71 bits per heavy atom. The summed E-state index contributed by atoms with van der Waals surface area (Å²) in [6.07, 6.45) is 4.50. The molecule has 1 rings (SSSR count). The van der Waals surface area contributed by atoms with Crippen molar-refractivity contribution in [2.45, 2.75) is 13.3 Å². The maximum absolute atomic E-state index is 11.5. The Morgan fingerprint density at radius 2 is 2.43 bits per heavy atom. The van der Waals surface area contributed by atoms with Crippen LogP contribution in [0.15, 0.2) is 27.6 Å². The Kier molecular flexibility index (Phi) is 3.95. The second-order valence-corrected chi connectivity index (χ2v) is 3.75. The molecule has 76 valence electrons. The van der Waals surface area contributed by atoms with Crippen LogP contribution in [0.25, 0.3) is 5.70 Å². The number of hydrogen-bond acceptors (Lipinski definition) is 2. The van der Waals surface area contributed by atoms with Gasteiger partial charge >= 0.3 is 0 Å². The molecule has 2 N–H and O–H groups in total. The number of hydrogen-bond donors (Lipinski definition) is 2. The topological polar surface area (TPSA) is 44.9 Å². The van der Waals surface area contributed by atoms with Gasteiger partial charge in [0.05, 0.1) is 5.56 Å². The minimum atomic E-state index is -0.0812. The first kappa shape index (κ1) is 11.0. The maximum atomic E-state index is 11.5. The lowest BCUT2D eigenvalue weighted by atomic mass is 10.2. The van der Waals surface area contributed by atoms with Crippen molar-refractivity contribution in [1.29, 1.82) is 0 Å². The van der Waals surface area contributed by atoms with Gasteiger partial charge in [0.25, 0.3) is 5.56 Å². The molecule has 3 nitrogen and oxygen atoms in total. The van der Waals surface area contributed by atoms with Gasteiger partial charge in [-0.15, -0.1) is 0 Å². The van der Waals surface area contributed by atoms with E-state index in [0.717, 1.165) is 16.6 Å². The van der Waals surface area contributed by atoms with Crippen molar-refractivity contribution in [1.82, 2.24) is 10.3 Å². The zero-order chi connectivity index (χ0) is 10.6. The molecule has 0 saturated heterocycles. The molecule has 0 aromatic carbocycles. The van der Waals surface area contributed by atoms with Crippen LogP contribution in [0.2, 0.25) is 0 Å². The van der Waals surface area contributed by atoms with Crippen LogP contribution in [-0.2, 0) is 0 Å². The Balaban J connectivity index is 3.22. The van der Waals surface area contributed by atoms with Crippen LogP contribution < -0.4 is 10.9 Å². The Hall–Kier alpha value is -1.03. The molecular formula is C10H13BrN2O. The highest BCUT2D eigenvalue weighted by Crippen LogP contribution is 2.12. The highest BCUT2D eigenvalue weighted by Gasteiger charge is 2.04. The Labute approximate surface area is 91.4 Å². The van der Waals surface area contributed by atoms with Crippen molar-refractivity contribution in [3.8, 4) is 0 Å². The van der Waals surface area contributed by atoms with Crippen molar-refractivity contribution in [3.05, 3.63) is 38.7 Å². The van der Waals surface area contributed by atoms with Crippen molar-refractivity contribution in [2.75, 3.05) is 7.05 Å². The molecule has 1 heterocycles. The smallest absolute Gasteiger partial charge is 0.257 e. The predicted octanol–water partition coefficient (Wildman–Crippen LogP) is 2.11. The van der Waals surface area contributed by atoms with Crippen LogP contribution in [0.5, 0.6) is 0 Å². The number of allylic oxidation sites excluding steroid dienone is 1. The summed E-state index contributed by atoms with van der Waals surface area (Å²) in [7, 11) is 1.81. The minimum Gasteiger partial charge on any atom is -0.388 e. The maximum Gasteiger partial charge on any atom is 0.257 e. The summed E-state index contributed by atoms with van der Waals surface area (Å²) in [5.74, 6) is 0. The first-order valence-corrected chi connectivity index (χ1v) is 5.24. The molecule has 0 spiro atoms. The van der Waals surface area contributed by atoms with Gasteiger partial charge in [-0.05, 0) is 28.4 Å². The fourth-order valence-electron chi connectivity index (χ4n) is 1.21. The second-order valence-electron chi connectivity index (χ2n) is 2.84. The molecule has 0 bridgehead atoms. The van der Waals surface area contributed by atoms with Gasteiger partial charge in [-0.1, -0.05) is 13.0 Å². The average Bonchev–Trinajstić information content (AvgIpc) is 2.18. The highest BCUT2D eigenvalue weighted by molar-refractivity contribution is 9.10. The first-order valence-electron chi connectivity index (χ1n) is 4.45. The molecule has 0 aliphatic rings. The molecule has 0 amide bonds. The number of rotatable bonds is 3. The largest absolute Gasteiger partial charge is 0.388 e. The van der Waals surface area contributed by atoms with E-state index in [1.807, 2.05) is 20.0 Å². The van der Waals surface area contributed by atoms with Crippen molar-refractivity contribution >= 4 is 21.6 Å². The number of H-pyrrole nitrogens is 1. The second kappa shape index (κ2) is 5.00. The van der Waals surface area contributed by atoms with Gasteiger partial charge in [0.15, 0.2) is 0 Å². The van der Waals surface area contributed by atoms with Crippen molar-refractivity contribution < 1.29 is 0 Å². The van der Waals surface area contributed by atoms with Crippen molar-refractivity contribution in [2.24, 2.45) is 0 Å². The van der Waals surface area contributed by atoms with E-state index in [9.17, 15) is 4.79 Å². The van der Waals surface area contributed by atoms with Gasteiger partial charge in [-0.2, -0.15) is 0 Å². The molecule has 14 heavy (non-hydrogen) atoms. The monoisotopic (exact) mass is 256 g/mol. The zero-order valence-corrected chi connectivity index (χ0v) is 9.81. The van der Waals surface area contributed by atoms with E-state index >= 15 is 0 Å². The lowest BCUT2D eigenvalue weighted by Gasteiger charge is -2.05.